The Hall–Kier alpha value is -1.84. The van der Waals surface area contributed by atoms with Gasteiger partial charge in [0.1, 0.15) is 6.54 Å². The SMILES string of the molecule is C=CCC1CC2CCC=C3C=C([N+](=O)[O-])NCC1=C32. The molecule has 2 aliphatic carbocycles. The van der Waals surface area contributed by atoms with E-state index in [1.165, 1.54) is 24.0 Å². The quantitative estimate of drug-likeness (QED) is 0.481. The lowest BCUT2D eigenvalue weighted by atomic mass is 9.84. The van der Waals surface area contributed by atoms with Gasteiger partial charge in [0.15, 0.2) is 0 Å². The molecule has 0 saturated carbocycles. The minimum atomic E-state index is -0.324. The zero-order chi connectivity index (χ0) is 13.4. The molecule has 4 heteroatoms. The topological polar surface area (TPSA) is 55.2 Å². The molecule has 0 saturated heterocycles. The number of allylic oxidation sites excluding steroid dienone is 5. The zero-order valence-electron chi connectivity index (χ0n) is 10.9. The van der Waals surface area contributed by atoms with Gasteiger partial charge in [-0.05, 0) is 59.2 Å². The maximum atomic E-state index is 11.0. The monoisotopic (exact) mass is 258 g/mol. The highest BCUT2D eigenvalue weighted by atomic mass is 16.6. The average Bonchev–Trinajstić information content (AvgIpc) is 2.61. The molecule has 0 aromatic carbocycles. The molecule has 0 bridgehead atoms. The third-order valence-electron chi connectivity index (χ3n) is 4.41. The van der Waals surface area contributed by atoms with Crippen LogP contribution >= 0.6 is 0 Å². The van der Waals surface area contributed by atoms with Gasteiger partial charge in [-0.15, -0.1) is 6.58 Å². The number of rotatable bonds is 3. The third kappa shape index (κ3) is 2.01. The van der Waals surface area contributed by atoms with Crippen LogP contribution < -0.4 is 5.32 Å². The molecular formula is C15H18N2O2. The van der Waals surface area contributed by atoms with Gasteiger partial charge in [-0.25, -0.2) is 0 Å². The number of nitro groups is 1. The van der Waals surface area contributed by atoms with Gasteiger partial charge in [-0.1, -0.05) is 12.2 Å². The Labute approximate surface area is 112 Å². The van der Waals surface area contributed by atoms with Crippen molar-refractivity contribution in [3.8, 4) is 0 Å². The van der Waals surface area contributed by atoms with Crippen molar-refractivity contribution in [1.29, 1.82) is 0 Å². The average molecular weight is 258 g/mol. The fraction of sp³-hybridized carbons (Fsp3) is 0.467. The maximum Gasteiger partial charge on any atom is 0.317 e. The Morgan fingerprint density at radius 1 is 1.58 bits per heavy atom. The summed E-state index contributed by atoms with van der Waals surface area (Å²) in [6.07, 6.45) is 10.2. The molecular weight excluding hydrogens is 240 g/mol. The predicted octanol–water partition coefficient (Wildman–Crippen LogP) is 2.94. The summed E-state index contributed by atoms with van der Waals surface area (Å²) >= 11 is 0. The number of nitrogens with one attached hydrogen (secondary N) is 1. The lowest BCUT2D eigenvalue weighted by Gasteiger charge is -2.20. The van der Waals surface area contributed by atoms with E-state index in [-0.39, 0.29) is 10.7 Å². The highest BCUT2D eigenvalue weighted by molar-refractivity contribution is 5.51. The molecule has 1 heterocycles. The van der Waals surface area contributed by atoms with Crippen LogP contribution in [-0.2, 0) is 0 Å². The van der Waals surface area contributed by atoms with Crippen LogP contribution in [0.4, 0.5) is 0 Å². The Bertz CT molecular complexity index is 528. The van der Waals surface area contributed by atoms with Gasteiger partial charge in [0.2, 0.25) is 0 Å². The van der Waals surface area contributed by atoms with Crippen molar-refractivity contribution >= 4 is 0 Å². The summed E-state index contributed by atoms with van der Waals surface area (Å²) in [4.78, 5) is 10.7. The first-order valence-electron chi connectivity index (χ1n) is 6.85. The molecule has 100 valence electrons. The van der Waals surface area contributed by atoms with Crippen LogP contribution in [-0.4, -0.2) is 11.5 Å². The van der Waals surface area contributed by atoms with Crippen molar-refractivity contribution in [3.63, 3.8) is 0 Å². The highest BCUT2D eigenvalue weighted by Gasteiger charge is 2.37. The number of hydrogen-bond donors (Lipinski definition) is 1. The largest absolute Gasteiger partial charge is 0.358 e. The predicted molar refractivity (Wildman–Crippen MR) is 73.8 cm³/mol. The summed E-state index contributed by atoms with van der Waals surface area (Å²) in [7, 11) is 0. The van der Waals surface area contributed by atoms with Gasteiger partial charge >= 0.3 is 5.82 Å². The van der Waals surface area contributed by atoms with E-state index < -0.39 is 0 Å². The molecule has 2 unspecified atom stereocenters. The molecule has 3 rings (SSSR count). The summed E-state index contributed by atoms with van der Waals surface area (Å²) in [6, 6.07) is 0. The van der Waals surface area contributed by atoms with Crippen molar-refractivity contribution in [2.75, 3.05) is 6.54 Å². The van der Waals surface area contributed by atoms with E-state index >= 15 is 0 Å². The lowest BCUT2D eigenvalue weighted by molar-refractivity contribution is -0.431. The molecule has 0 aromatic heterocycles. The summed E-state index contributed by atoms with van der Waals surface area (Å²) in [5.74, 6) is 1.22. The number of nitrogens with zero attached hydrogens (tertiary/aromatic N) is 1. The first kappa shape index (κ1) is 12.2. The first-order valence-corrected chi connectivity index (χ1v) is 6.85. The Balaban J connectivity index is 2.01. The van der Waals surface area contributed by atoms with Crippen molar-refractivity contribution in [1.82, 2.24) is 5.32 Å². The van der Waals surface area contributed by atoms with E-state index in [2.05, 4.69) is 18.0 Å². The lowest BCUT2D eigenvalue weighted by Crippen LogP contribution is -2.22. The minimum Gasteiger partial charge on any atom is -0.358 e. The van der Waals surface area contributed by atoms with Crippen molar-refractivity contribution in [2.45, 2.75) is 25.7 Å². The molecule has 0 amide bonds. The fourth-order valence-electron chi connectivity index (χ4n) is 3.64. The second-order valence-electron chi connectivity index (χ2n) is 5.47. The minimum absolute atomic E-state index is 0.124. The Kier molecular flexibility index (Phi) is 3.01. The van der Waals surface area contributed by atoms with Crippen molar-refractivity contribution in [3.05, 3.63) is 57.5 Å². The van der Waals surface area contributed by atoms with E-state index in [0.717, 1.165) is 18.4 Å². The third-order valence-corrected chi connectivity index (χ3v) is 4.41. The van der Waals surface area contributed by atoms with E-state index in [4.69, 9.17) is 0 Å². The van der Waals surface area contributed by atoms with Gasteiger partial charge in [0, 0.05) is 6.08 Å². The van der Waals surface area contributed by atoms with Crippen LogP contribution in [0.15, 0.2) is 47.3 Å². The zero-order valence-corrected chi connectivity index (χ0v) is 10.9. The molecule has 0 radical (unpaired) electrons. The normalized spacial score (nSPS) is 28.8. The Morgan fingerprint density at radius 3 is 3.16 bits per heavy atom. The van der Waals surface area contributed by atoms with E-state index in [1.54, 1.807) is 6.08 Å². The molecule has 1 N–H and O–H groups in total. The summed E-state index contributed by atoms with van der Waals surface area (Å²) < 4.78 is 0. The van der Waals surface area contributed by atoms with Crippen LogP contribution in [0.25, 0.3) is 0 Å². The maximum absolute atomic E-state index is 11.0. The standard InChI is InChI=1S/C15H18N2O2/c1-2-4-10-7-11-5-3-6-12-8-14(17(18)19)16-9-13(10)15(11)12/h2,6,8,10-11,16H,1,3-5,7,9H2. The first-order chi connectivity index (χ1) is 9.20. The van der Waals surface area contributed by atoms with Crippen LogP contribution in [0.5, 0.6) is 0 Å². The molecule has 1 aliphatic heterocycles. The molecule has 0 spiro atoms. The van der Waals surface area contributed by atoms with Gasteiger partial charge in [-0.3, -0.25) is 5.32 Å². The van der Waals surface area contributed by atoms with Crippen molar-refractivity contribution in [2.24, 2.45) is 11.8 Å². The van der Waals surface area contributed by atoms with Crippen LogP contribution in [0.3, 0.4) is 0 Å². The van der Waals surface area contributed by atoms with E-state index in [1.807, 2.05) is 6.08 Å². The summed E-state index contributed by atoms with van der Waals surface area (Å²) in [6.45, 7) is 4.44. The summed E-state index contributed by atoms with van der Waals surface area (Å²) in [5, 5.41) is 14.0. The van der Waals surface area contributed by atoms with Crippen LogP contribution in [0.1, 0.15) is 25.7 Å². The van der Waals surface area contributed by atoms with Gasteiger partial charge in [0.25, 0.3) is 0 Å². The molecule has 0 fully saturated rings. The van der Waals surface area contributed by atoms with Gasteiger partial charge in [-0.2, -0.15) is 0 Å². The Morgan fingerprint density at radius 2 is 2.42 bits per heavy atom. The highest BCUT2D eigenvalue weighted by Crippen LogP contribution is 2.47. The van der Waals surface area contributed by atoms with Gasteiger partial charge in [0.05, 0.1) is 0 Å². The molecule has 4 nitrogen and oxygen atoms in total. The molecule has 2 atom stereocenters. The van der Waals surface area contributed by atoms with Crippen molar-refractivity contribution < 1.29 is 4.92 Å². The molecule has 3 aliphatic rings. The molecule has 19 heavy (non-hydrogen) atoms. The fourth-order valence-corrected chi connectivity index (χ4v) is 3.64. The van der Waals surface area contributed by atoms with E-state index in [0.29, 0.717) is 18.4 Å². The number of hydrogen-bond acceptors (Lipinski definition) is 3. The van der Waals surface area contributed by atoms with Gasteiger partial charge < -0.3 is 10.1 Å². The van der Waals surface area contributed by atoms with Crippen LogP contribution in [0.2, 0.25) is 0 Å². The van der Waals surface area contributed by atoms with Crippen LogP contribution in [0, 0.1) is 22.0 Å². The second-order valence-corrected chi connectivity index (χ2v) is 5.47. The molecule has 0 aromatic rings. The van der Waals surface area contributed by atoms with E-state index in [9.17, 15) is 10.1 Å². The smallest absolute Gasteiger partial charge is 0.317 e. The second kappa shape index (κ2) is 4.68. The summed E-state index contributed by atoms with van der Waals surface area (Å²) in [5.41, 5.74) is 3.82.